The molecule has 0 unspecified atom stereocenters. The Morgan fingerprint density at radius 3 is 2.82 bits per heavy atom. The molecular formula is C8H7F2N5OS. The number of hydrogen-bond donors (Lipinski definition) is 2. The number of anilines is 1. The fraction of sp³-hybridized carbons (Fsp3) is 0.250. The summed E-state index contributed by atoms with van der Waals surface area (Å²) in [7, 11) is 0. The Balaban J connectivity index is 2.07. The normalized spacial score (nSPS) is 10.8. The summed E-state index contributed by atoms with van der Waals surface area (Å²) in [6.07, 6.45) is -2.69. The summed E-state index contributed by atoms with van der Waals surface area (Å²) < 4.78 is 24.4. The molecule has 0 aliphatic rings. The van der Waals surface area contributed by atoms with Gasteiger partial charge < -0.3 is 0 Å². The molecule has 0 radical (unpaired) electrons. The predicted octanol–water partition coefficient (Wildman–Crippen LogP) is 1.76. The second-order valence-corrected chi connectivity index (χ2v) is 4.15. The predicted molar refractivity (Wildman–Crippen MR) is 56.1 cm³/mol. The molecule has 0 fully saturated rings. The molecule has 0 spiro atoms. The Bertz CT molecular complexity index is 538. The molecule has 9 heteroatoms. The molecule has 0 atom stereocenters. The molecule has 0 aromatic carbocycles. The van der Waals surface area contributed by atoms with E-state index in [1.807, 2.05) is 0 Å². The quantitative estimate of drug-likeness (QED) is 0.879. The number of hydrogen-bond acceptors (Lipinski definition) is 5. The van der Waals surface area contributed by atoms with Crippen molar-refractivity contribution < 1.29 is 13.6 Å². The standard InChI is InChI=1S/C8H7F2N5OS/c1-3-2-4(13-12-3)6(16)11-8-15-14-7(17-8)5(9)10/h2,5H,1H3,(H,12,13)(H,11,15,16). The molecule has 2 aromatic heterocycles. The van der Waals surface area contributed by atoms with E-state index in [2.05, 4.69) is 25.7 Å². The molecular weight excluding hydrogens is 252 g/mol. The second kappa shape index (κ2) is 4.53. The first-order valence-electron chi connectivity index (χ1n) is 4.51. The Morgan fingerprint density at radius 1 is 1.53 bits per heavy atom. The molecule has 0 saturated heterocycles. The zero-order valence-corrected chi connectivity index (χ0v) is 9.39. The van der Waals surface area contributed by atoms with Gasteiger partial charge in [-0.15, -0.1) is 10.2 Å². The Morgan fingerprint density at radius 2 is 2.29 bits per heavy atom. The third-order valence-electron chi connectivity index (χ3n) is 1.79. The van der Waals surface area contributed by atoms with Crippen molar-refractivity contribution in [1.29, 1.82) is 0 Å². The largest absolute Gasteiger partial charge is 0.295 e. The van der Waals surface area contributed by atoms with E-state index < -0.39 is 17.3 Å². The van der Waals surface area contributed by atoms with Crippen LogP contribution in [0.4, 0.5) is 13.9 Å². The summed E-state index contributed by atoms with van der Waals surface area (Å²) in [6, 6.07) is 1.53. The summed E-state index contributed by atoms with van der Waals surface area (Å²) in [5.41, 5.74) is 0.886. The smallest absolute Gasteiger partial charge is 0.291 e. The lowest BCUT2D eigenvalue weighted by atomic mass is 10.3. The number of rotatable bonds is 3. The van der Waals surface area contributed by atoms with Gasteiger partial charge in [0.25, 0.3) is 12.3 Å². The van der Waals surface area contributed by atoms with Gasteiger partial charge in [-0.1, -0.05) is 11.3 Å². The van der Waals surface area contributed by atoms with Crippen LogP contribution in [0.3, 0.4) is 0 Å². The van der Waals surface area contributed by atoms with Gasteiger partial charge >= 0.3 is 0 Å². The molecule has 0 bridgehead atoms. The van der Waals surface area contributed by atoms with Gasteiger partial charge in [-0.05, 0) is 13.0 Å². The van der Waals surface area contributed by atoms with Crippen molar-refractivity contribution in [3.05, 3.63) is 22.5 Å². The molecule has 6 nitrogen and oxygen atoms in total. The number of amides is 1. The summed E-state index contributed by atoms with van der Waals surface area (Å²) >= 11 is 0.629. The van der Waals surface area contributed by atoms with Crippen LogP contribution in [0.5, 0.6) is 0 Å². The van der Waals surface area contributed by atoms with Crippen LogP contribution in [0, 0.1) is 6.92 Å². The number of carbonyl (C=O) groups is 1. The topological polar surface area (TPSA) is 83.6 Å². The van der Waals surface area contributed by atoms with Crippen molar-refractivity contribution in [2.24, 2.45) is 0 Å². The first kappa shape index (κ1) is 11.6. The van der Waals surface area contributed by atoms with Crippen molar-refractivity contribution in [1.82, 2.24) is 20.4 Å². The number of H-pyrrole nitrogens is 1. The van der Waals surface area contributed by atoms with E-state index in [9.17, 15) is 13.6 Å². The fourth-order valence-corrected chi connectivity index (χ4v) is 1.66. The highest BCUT2D eigenvalue weighted by Crippen LogP contribution is 2.25. The molecule has 0 aliphatic carbocycles. The molecule has 1 amide bonds. The van der Waals surface area contributed by atoms with E-state index in [0.717, 1.165) is 5.69 Å². The number of aromatic amines is 1. The summed E-state index contributed by atoms with van der Waals surface area (Å²) in [6.45, 7) is 1.74. The lowest BCUT2D eigenvalue weighted by molar-refractivity contribution is 0.102. The number of aryl methyl sites for hydroxylation is 1. The summed E-state index contributed by atoms with van der Waals surface area (Å²) in [4.78, 5) is 11.6. The van der Waals surface area contributed by atoms with E-state index in [1.54, 1.807) is 6.92 Å². The molecule has 90 valence electrons. The number of nitrogens with zero attached hydrogens (tertiary/aromatic N) is 3. The molecule has 2 rings (SSSR count). The van der Waals surface area contributed by atoms with Gasteiger partial charge in [-0.2, -0.15) is 5.10 Å². The first-order valence-corrected chi connectivity index (χ1v) is 5.33. The number of nitrogens with one attached hydrogen (secondary N) is 2. The lowest BCUT2D eigenvalue weighted by Crippen LogP contribution is -2.12. The van der Waals surface area contributed by atoms with E-state index in [-0.39, 0.29) is 10.8 Å². The van der Waals surface area contributed by atoms with E-state index in [0.29, 0.717) is 11.3 Å². The Labute approximate surface area is 98.1 Å². The molecule has 0 saturated carbocycles. The SMILES string of the molecule is Cc1cc(C(=O)Nc2nnc(C(F)F)s2)n[nH]1. The van der Waals surface area contributed by atoms with Crippen LogP contribution < -0.4 is 5.32 Å². The van der Waals surface area contributed by atoms with E-state index in [1.165, 1.54) is 6.07 Å². The average Bonchev–Trinajstić information content (AvgIpc) is 2.86. The molecule has 0 aliphatic heterocycles. The third kappa shape index (κ3) is 2.61. The lowest BCUT2D eigenvalue weighted by Gasteiger charge is -1.95. The van der Waals surface area contributed by atoms with Crippen LogP contribution in [0.1, 0.15) is 27.6 Å². The van der Waals surface area contributed by atoms with Gasteiger partial charge in [0.05, 0.1) is 0 Å². The Kier molecular flexibility index (Phi) is 3.09. The monoisotopic (exact) mass is 259 g/mol. The highest BCUT2D eigenvalue weighted by Gasteiger charge is 2.16. The number of aromatic nitrogens is 4. The van der Waals surface area contributed by atoms with Gasteiger partial charge in [0, 0.05) is 5.69 Å². The zero-order valence-electron chi connectivity index (χ0n) is 8.57. The molecule has 2 heterocycles. The van der Waals surface area contributed by atoms with Gasteiger partial charge in [0.1, 0.15) is 0 Å². The van der Waals surface area contributed by atoms with Crippen molar-refractivity contribution in [3.8, 4) is 0 Å². The first-order chi connectivity index (χ1) is 8.06. The van der Waals surface area contributed by atoms with Crippen LogP contribution in [0.15, 0.2) is 6.07 Å². The highest BCUT2D eigenvalue weighted by atomic mass is 32.1. The second-order valence-electron chi connectivity index (χ2n) is 3.14. The molecule has 2 aromatic rings. The minimum atomic E-state index is -2.69. The molecule has 17 heavy (non-hydrogen) atoms. The van der Waals surface area contributed by atoms with Crippen LogP contribution >= 0.6 is 11.3 Å². The van der Waals surface area contributed by atoms with Gasteiger partial charge in [-0.25, -0.2) is 8.78 Å². The van der Waals surface area contributed by atoms with Crippen LogP contribution in [0.25, 0.3) is 0 Å². The van der Waals surface area contributed by atoms with Crippen molar-refractivity contribution in [3.63, 3.8) is 0 Å². The van der Waals surface area contributed by atoms with Crippen LogP contribution in [-0.2, 0) is 0 Å². The zero-order chi connectivity index (χ0) is 12.4. The van der Waals surface area contributed by atoms with E-state index >= 15 is 0 Å². The highest BCUT2D eigenvalue weighted by molar-refractivity contribution is 7.15. The molecule has 2 N–H and O–H groups in total. The number of alkyl halides is 2. The van der Waals surface area contributed by atoms with Crippen molar-refractivity contribution in [2.45, 2.75) is 13.3 Å². The van der Waals surface area contributed by atoms with Crippen molar-refractivity contribution in [2.75, 3.05) is 5.32 Å². The van der Waals surface area contributed by atoms with Crippen molar-refractivity contribution >= 4 is 22.4 Å². The van der Waals surface area contributed by atoms with E-state index in [4.69, 9.17) is 0 Å². The fourth-order valence-electron chi connectivity index (χ4n) is 1.07. The maximum absolute atomic E-state index is 12.2. The summed E-state index contributed by atoms with van der Waals surface area (Å²) in [5, 5.41) is 14.9. The van der Waals surface area contributed by atoms with Gasteiger partial charge in [-0.3, -0.25) is 15.2 Å². The maximum Gasteiger partial charge on any atom is 0.291 e. The average molecular weight is 259 g/mol. The minimum Gasteiger partial charge on any atom is -0.295 e. The summed E-state index contributed by atoms with van der Waals surface area (Å²) in [5.74, 6) is -0.522. The maximum atomic E-state index is 12.2. The van der Waals surface area contributed by atoms with Gasteiger partial charge in [0.15, 0.2) is 10.7 Å². The minimum absolute atomic E-state index is 0.0194. The third-order valence-corrected chi connectivity index (χ3v) is 2.63. The Hall–Kier alpha value is -1.90. The number of carbonyl (C=O) groups excluding carboxylic acids is 1. The van der Waals surface area contributed by atoms with Gasteiger partial charge in [0.2, 0.25) is 5.13 Å². The van der Waals surface area contributed by atoms with Crippen LogP contribution in [0.2, 0.25) is 0 Å². The number of halogens is 2. The van der Waals surface area contributed by atoms with Crippen LogP contribution in [-0.4, -0.2) is 26.3 Å².